The van der Waals surface area contributed by atoms with Gasteiger partial charge in [0.2, 0.25) is 0 Å². The molecule has 0 N–H and O–H groups in total. The monoisotopic (exact) mass is 375 g/mol. The molecule has 0 bridgehead atoms. The van der Waals surface area contributed by atoms with E-state index in [0.717, 1.165) is 5.56 Å². The number of carbonyl (C=O) groups is 1. The average Bonchev–Trinajstić information content (AvgIpc) is 3.21. The van der Waals surface area contributed by atoms with Gasteiger partial charge in [0.15, 0.2) is 15.6 Å². The Labute approximate surface area is 154 Å². The second-order valence-corrected chi connectivity index (χ2v) is 10.1. The van der Waals surface area contributed by atoms with Crippen molar-refractivity contribution >= 4 is 15.7 Å². The fraction of sp³-hybridized carbons (Fsp3) is 0.450. The second-order valence-electron chi connectivity index (χ2n) is 7.91. The number of sulfone groups is 1. The first kappa shape index (κ1) is 18.7. The highest BCUT2D eigenvalue weighted by Crippen LogP contribution is 2.25. The minimum atomic E-state index is -3.09. The van der Waals surface area contributed by atoms with Crippen LogP contribution in [-0.4, -0.2) is 36.8 Å². The van der Waals surface area contributed by atoms with Crippen LogP contribution in [0.5, 0.6) is 0 Å². The predicted molar refractivity (Wildman–Crippen MR) is 101 cm³/mol. The van der Waals surface area contributed by atoms with Gasteiger partial charge < -0.3 is 9.32 Å². The number of hydrogen-bond acceptors (Lipinski definition) is 4. The first-order valence-electron chi connectivity index (χ1n) is 8.80. The number of rotatable bonds is 4. The van der Waals surface area contributed by atoms with Crippen LogP contribution in [0.3, 0.4) is 0 Å². The van der Waals surface area contributed by atoms with E-state index < -0.39 is 9.84 Å². The van der Waals surface area contributed by atoms with E-state index in [9.17, 15) is 13.2 Å². The summed E-state index contributed by atoms with van der Waals surface area (Å²) in [6.45, 7) is 6.82. The highest BCUT2D eigenvalue weighted by Gasteiger charge is 2.35. The largest absolute Gasteiger partial charge is 0.459 e. The summed E-state index contributed by atoms with van der Waals surface area (Å²) < 4.78 is 29.0. The molecule has 1 aromatic heterocycles. The summed E-state index contributed by atoms with van der Waals surface area (Å²) in [4.78, 5) is 14.5. The Morgan fingerprint density at radius 3 is 2.38 bits per heavy atom. The van der Waals surface area contributed by atoms with E-state index in [1.165, 1.54) is 11.8 Å². The third-order valence-electron chi connectivity index (χ3n) is 4.81. The third-order valence-corrected chi connectivity index (χ3v) is 6.57. The van der Waals surface area contributed by atoms with E-state index in [1.807, 2.05) is 12.1 Å². The van der Waals surface area contributed by atoms with Crippen molar-refractivity contribution in [3.05, 3.63) is 59.5 Å². The molecule has 0 spiro atoms. The van der Waals surface area contributed by atoms with Crippen molar-refractivity contribution in [2.45, 2.75) is 45.2 Å². The highest BCUT2D eigenvalue weighted by molar-refractivity contribution is 7.91. The Morgan fingerprint density at radius 1 is 1.19 bits per heavy atom. The molecule has 2 heterocycles. The van der Waals surface area contributed by atoms with Gasteiger partial charge in [0.25, 0.3) is 5.91 Å². The quantitative estimate of drug-likeness (QED) is 0.821. The smallest absolute Gasteiger partial charge is 0.290 e. The van der Waals surface area contributed by atoms with Crippen LogP contribution >= 0.6 is 0 Å². The summed E-state index contributed by atoms with van der Waals surface area (Å²) in [5, 5.41) is 0. The summed E-state index contributed by atoms with van der Waals surface area (Å²) in [7, 11) is -3.09. The van der Waals surface area contributed by atoms with Crippen molar-refractivity contribution in [3.8, 4) is 0 Å². The van der Waals surface area contributed by atoms with Gasteiger partial charge in [0.1, 0.15) is 0 Å². The Hall–Kier alpha value is -2.08. The van der Waals surface area contributed by atoms with Crippen LogP contribution in [-0.2, 0) is 21.8 Å². The van der Waals surface area contributed by atoms with E-state index in [2.05, 4.69) is 32.9 Å². The third kappa shape index (κ3) is 4.18. The van der Waals surface area contributed by atoms with Gasteiger partial charge in [-0.3, -0.25) is 4.79 Å². The molecule has 0 aliphatic carbocycles. The van der Waals surface area contributed by atoms with Gasteiger partial charge in [-0.2, -0.15) is 0 Å². The number of carbonyl (C=O) groups excluding carboxylic acids is 1. The Bertz CT molecular complexity index is 862. The number of hydrogen-bond donors (Lipinski definition) is 0. The maximum atomic E-state index is 12.9. The van der Waals surface area contributed by atoms with Crippen molar-refractivity contribution in [1.29, 1.82) is 0 Å². The lowest BCUT2D eigenvalue weighted by Crippen LogP contribution is -2.40. The van der Waals surface area contributed by atoms with Crippen molar-refractivity contribution in [3.63, 3.8) is 0 Å². The molecule has 2 aromatic rings. The fourth-order valence-electron chi connectivity index (χ4n) is 3.24. The molecule has 1 saturated heterocycles. The van der Waals surface area contributed by atoms with Crippen molar-refractivity contribution in [2.24, 2.45) is 0 Å². The Kier molecular flexibility index (Phi) is 4.97. The van der Waals surface area contributed by atoms with E-state index in [-0.39, 0.29) is 34.6 Å². The minimum Gasteiger partial charge on any atom is -0.459 e. The molecule has 1 aromatic carbocycles. The van der Waals surface area contributed by atoms with Crippen LogP contribution in [0.25, 0.3) is 0 Å². The summed E-state index contributed by atoms with van der Waals surface area (Å²) in [5.41, 5.74) is 2.25. The van der Waals surface area contributed by atoms with Crippen LogP contribution in [0.2, 0.25) is 0 Å². The molecule has 1 aliphatic heterocycles. The lowest BCUT2D eigenvalue weighted by Gasteiger charge is -2.28. The molecule has 26 heavy (non-hydrogen) atoms. The summed E-state index contributed by atoms with van der Waals surface area (Å²) in [6.07, 6.45) is 1.92. The van der Waals surface area contributed by atoms with Crippen molar-refractivity contribution in [2.75, 3.05) is 11.5 Å². The molecule has 140 valence electrons. The van der Waals surface area contributed by atoms with Crippen LogP contribution < -0.4 is 0 Å². The van der Waals surface area contributed by atoms with E-state index in [1.54, 1.807) is 17.0 Å². The van der Waals surface area contributed by atoms with Gasteiger partial charge in [0.05, 0.1) is 17.8 Å². The van der Waals surface area contributed by atoms with E-state index >= 15 is 0 Å². The molecular formula is C20H25NO4S. The van der Waals surface area contributed by atoms with Gasteiger partial charge >= 0.3 is 0 Å². The maximum Gasteiger partial charge on any atom is 0.290 e. The summed E-state index contributed by atoms with van der Waals surface area (Å²) in [6, 6.07) is 11.1. The lowest BCUT2D eigenvalue weighted by molar-refractivity contribution is 0.0648. The van der Waals surface area contributed by atoms with Crippen LogP contribution in [0.1, 0.15) is 48.9 Å². The van der Waals surface area contributed by atoms with Crippen molar-refractivity contribution < 1.29 is 17.6 Å². The molecule has 3 rings (SSSR count). The zero-order valence-electron chi connectivity index (χ0n) is 15.4. The van der Waals surface area contributed by atoms with Gasteiger partial charge in [-0.1, -0.05) is 45.0 Å². The molecule has 1 atom stereocenters. The molecule has 6 heteroatoms. The van der Waals surface area contributed by atoms with Crippen molar-refractivity contribution in [1.82, 2.24) is 4.90 Å². The second kappa shape index (κ2) is 6.91. The Balaban J connectivity index is 1.85. The molecule has 0 unspecified atom stereocenters. The molecule has 1 amide bonds. The normalized spacial score (nSPS) is 19.4. The molecule has 0 saturated carbocycles. The first-order chi connectivity index (χ1) is 12.2. The van der Waals surface area contributed by atoms with Crippen LogP contribution in [0.15, 0.2) is 47.1 Å². The van der Waals surface area contributed by atoms with Gasteiger partial charge in [-0.15, -0.1) is 0 Å². The summed E-state index contributed by atoms with van der Waals surface area (Å²) >= 11 is 0. The van der Waals surface area contributed by atoms with Gasteiger partial charge in [0, 0.05) is 12.6 Å². The summed E-state index contributed by atoms with van der Waals surface area (Å²) in [5.74, 6) is 0.111. The maximum absolute atomic E-state index is 12.9. The number of furan rings is 1. The fourth-order valence-corrected chi connectivity index (χ4v) is 4.97. The van der Waals surface area contributed by atoms with Gasteiger partial charge in [-0.25, -0.2) is 8.42 Å². The van der Waals surface area contributed by atoms with Crippen LogP contribution in [0, 0.1) is 0 Å². The Morgan fingerprint density at radius 2 is 1.88 bits per heavy atom. The standard InChI is InChI=1S/C20H25NO4S/c1-20(2,3)16-8-6-15(7-9-16)13-21(17-10-12-26(23,24)14-17)19(22)18-5-4-11-25-18/h4-9,11,17H,10,12-14H2,1-3H3/t17-/m0/s1. The molecule has 1 aliphatic rings. The SMILES string of the molecule is CC(C)(C)c1ccc(CN(C(=O)c2ccco2)[C@H]2CCS(=O)(=O)C2)cc1. The first-order valence-corrected chi connectivity index (χ1v) is 10.6. The lowest BCUT2D eigenvalue weighted by atomic mass is 9.86. The zero-order chi connectivity index (χ0) is 18.9. The van der Waals surface area contributed by atoms with Crippen LogP contribution in [0.4, 0.5) is 0 Å². The van der Waals surface area contributed by atoms with Gasteiger partial charge in [-0.05, 0) is 35.1 Å². The highest BCUT2D eigenvalue weighted by atomic mass is 32.2. The van der Waals surface area contributed by atoms with E-state index in [4.69, 9.17) is 4.42 Å². The average molecular weight is 375 g/mol. The number of amides is 1. The molecule has 0 radical (unpaired) electrons. The molecule has 5 nitrogen and oxygen atoms in total. The predicted octanol–water partition coefficient (Wildman–Crippen LogP) is 3.41. The van der Waals surface area contributed by atoms with E-state index in [0.29, 0.717) is 13.0 Å². The topological polar surface area (TPSA) is 67.6 Å². The number of nitrogens with zero attached hydrogens (tertiary/aromatic N) is 1. The minimum absolute atomic E-state index is 0.0134. The number of benzene rings is 1. The zero-order valence-corrected chi connectivity index (χ0v) is 16.3. The molecule has 1 fully saturated rings. The molecular weight excluding hydrogens is 350 g/mol.